The monoisotopic (exact) mass is 460 g/mol. The van der Waals surface area contributed by atoms with Gasteiger partial charge in [0.15, 0.2) is 5.69 Å². The molecule has 5 rings (SSSR count). The van der Waals surface area contributed by atoms with Crippen LogP contribution in [0.4, 0.5) is 13.2 Å². The molecule has 0 saturated heterocycles. The first-order chi connectivity index (χ1) is 15.2. The van der Waals surface area contributed by atoms with E-state index in [2.05, 4.69) is 15.2 Å². The van der Waals surface area contributed by atoms with E-state index in [-0.39, 0.29) is 11.9 Å². The number of amides is 1. The van der Waals surface area contributed by atoms with Crippen molar-refractivity contribution in [3.8, 4) is 11.4 Å². The lowest BCUT2D eigenvalue weighted by atomic mass is 9.96. The fourth-order valence-corrected chi connectivity index (χ4v) is 5.17. The minimum Gasteiger partial charge on any atom is -0.330 e. The summed E-state index contributed by atoms with van der Waals surface area (Å²) in [5.41, 5.74) is 4.62. The molecule has 4 aromatic rings. The van der Waals surface area contributed by atoms with Crippen LogP contribution in [0, 0.1) is 0 Å². The Morgan fingerprint density at radius 1 is 1.19 bits per heavy atom. The molecule has 1 aliphatic rings. The summed E-state index contributed by atoms with van der Waals surface area (Å²) in [6, 6.07) is 6.20. The number of benzene rings is 1. The Morgan fingerprint density at radius 2 is 1.97 bits per heavy atom. The normalized spacial score (nSPS) is 16.6. The number of aromatic nitrogens is 5. The molecule has 1 aliphatic heterocycles. The van der Waals surface area contributed by atoms with Crippen molar-refractivity contribution in [2.75, 3.05) is 6.54 Å². The summed E-state index contributed by atoms with van der Waals surface area (Å²) in [6.45, 7) is 2.33. The molecule has 7 nitrogen and oxygen atoms in total. The summed E-state index contributed by atoms with van der Waals surface area (Å²) in [5.74, 6) is -0.106. The number of carbonyl (C=O) groups excluding carboxylic acids is 1. The Labute approximate surface area is 185 Å². The van der Waals surface area contributed by atoms with Gasteiger partial charge in [0.2, 0.25) is 0 Å². The van der Waals surface area contributed by atoms with E-state index in [1.54, 1.807) is 28.2 Å². The highest BCUT2D eigenvalue weighted by Crippen LogP contribution is 2.38. The first-order valence-corrected chi connectivity index (χ1v) is 10.9. The van der Waals surface area contributed by atoms with Gasteiger partial charge in [-0.25, -0.2) is 4.98 Å². The molecule has 0 fully saturated rings. The molecule has 11 heteroatoms. The molecule has 0 N–H and O–H groups in total. The highest BCUT2D eigenvalue weighted by atomic mass is 32.1. The predicted molar refractivity (Wildman–Crippen MR) is 113 cm³/mol. The smallest absolute Gasteiger partial charge is 0.330 e. The number of fused-ring (bicyclic) bond motifs is 2. The molecule has 0 unspecified atom stereocenters. The molecule has 0 saturated carbocycles. The second-order valence-corrected chi connectivity index (χ2v) is 8.66. The van der Waals surface area contributed by atoms with Gasteiger partial charge in [0.25, 0.3) is 5.91 Å². The maximum Gasteiger partial charge on any atom is 0.435 e. The van der Waals surface area contributed by atoms with Crippen LogP contribution >= 0.6 is 11.3 Å². The van der Waals surface area contributed by atoms with Gasteiger partial charge < -0.3 is 4.90 Å². The van der Waals surface area contributed by atoms with E-state index in [0.29, 0.717) is 35.6 Å². The van der Waals surface area contributed by atoms with E-state index in [4.69, 9.17) is 0 Å². The molecule has 32 heavy (non-hydrogen) atoms. The lowest BCUT2D eigenvalue weighted by molar-refractivity contribution is -0.141. The fraction of sp³-hybridized carbons (Fsp3) is 0.333. The fourth-order valence-electron chi connectivity index (χ4n) is 4.38. The van der Waals surface area contributed by atoms with Crippen LogP contribution < -0.4 is 0 Å². The molecule has 0 bridgehead atoms. The molecule has 0 radical (unpaired) electrons. The summed E-state index contributed by atoms with van der Waals surface area (Å²) in [5, 5.41) is 8.23. The SMILES string of the molecule is C[C@H]1c2nn(C)c(-c3cc(C(F)(F)F)nn3C)c2CCN1C(=O)c1cccc2ncsc12. The molecule has 1 atom stereocenters. The van der Waals surface area contributed by atoms with Crippen molar-refractivity contribution in [3.63, 3.8) is 0 Å². The maximum absolute atomic E-state index is 13.4. The van der Waals surface area contributed by atoms with E-state index in [1.807, 2.05) is 19.1 Å². The summed E-state index contributed by atoms with van der Waals surface area (Å²) in [7, 11) is 3.19. The molecular weight excluding hydrogens is 441 g/mol. The largest absolute Gasteiger partial charge is 0.435 e. The zero-order valence-electron chi connectivity index (χ0n) is 17.5. The van der Waals surface area contributed by atoms with Crippen molar-refractivity contribution < 1.29 is 18.0 Å². The van der Waals surface area contributed by atoms with Crippen LogP contribution in [0.3, 0.4) is 0 Å². The van der Waals surface area contributed by atoms with Crippen LogP contribution in [-0.2, 0) is 26.7 Å². The average molecular weight is 460 g/mol. The lowest BCUT2D eigenvalue weighted by Crippen LogP contribution is -2.39. The third kappa shape index (κ3) is 3.10. The lowest BCUT2D eigenvalue weighted by Gasteiger charge is -2.33. The number of thiazole rings is 1. The number of nitrogens with zero attached hydrogens (tertiary/aromatic N) is 6. The minimum absolute atomic E-state index is 0.106. The minimum atomic E-state index is -4.52. The Morgan fingerprint density at radius 3 is 2.69 bits per heavy atom. The van der Waals surface area contributed by atoms with Gasteiger partial charge in [-0.3, -0.25) is 14.2 Å². The van der Waals surface area contributed by atoms with Crippen LogP contribution in [0.25, 0.3) is 21.6 Å². The van der Waals surface area contributed by atoms with Crippen molar-refractivity contribution in [2.45, 2.75) is 25.6 Å². The molecule has 166 valence electrons. The van der Waals surface area contributed by atoms with Crippen molar-refractivity contribution in [1.82, 2.24) is 29.4 Å². The van der Waals surface area contributed by atoms with Crippen LogP contribution in [0.1, 0.15) is 40.3 Å². The van der Waals surface area contributed by atoms with E-state index in [9.17, 15) is 18.0 Å². The van der Waals surface area contributed by atoms with Crippen LogP contribution in [0.15, 0.2) is 29.8 Å². The van der Waals surface area contributed by atoms with Crippen LogP contribution in [-0.4, -0.2) is 41.9 Å². The predicted octanol–water partition coefficient (Wildman–Crippen LogP) is 4.21. The van der Waals surface area contributed by atoms with Gasteiger partial charge in [-0.2, -0.15) is 23.4 Å². The third-order valence-corrected chi connectivity index (χ3v) is 6.78. The number of carbonyl (C=O) groups is 1. The molecule has 0 aliphatic carbocycles. The maximum atomic E-state index is 13.4. The van der Waals surface area contributed by atoms with E-state index in [0.717, 1.165) is 21.8 Å². The standard InChI is InChI=1S/C21H19F3N6OS/c1-11-17-12(18(29(3)27-17)15-9-16(21(22,23)24)26-28(15)2)7-8-30(11)20(31)13-5-4-6-14-19(13)32-10-25-14/h4-6,9-11H,7-8H2,1-3H3/t11-/m0/s1. The van der Waals surface area contributed by atoms with E-state index < -0.39 is 11.9 Å². The zero-order valence-corrected chi connectivity index (χ0v) is 18.3. The molecule has 3 aromatic heterocycles. The Bertz CT molecular complexity index is 1350. The summed E-state index contributed by atoms with van der Waals surface area (Å²) >= 11 is 1.42. The summed E-state index contributed by atoms with van der Waals surface area (Å²) in [6.07, 6.45) is -4.04. The van der Waals surface area contributed by atoms with Crippen molar-refractivity contribution >= 4 is 27.5 Å². The Hall–Kier alpha value is -3.21. The topological polar surface area (TPSA) is 68.8 Å². The second-order valence-electron chi connectivity index (χ2n) is 7.80. The zero-order chi connectivity index (χ0) is 22.8. The van der Waals surface area contributed by atoms with Gasteiger partial charge in [0.1, 0.15) is 0 Å². The van der Waals surface area contributed by atoms with Crippen LogP contribution in [0.2, 0.25) is 0 Å². The molecule has 1 amide bonds. The molecule has 1 aromatic carbocycles. The third-order valence-electron chi connectivity index (χ3n) is 5.90. The Kier molecular flexibility index (Phi) is 4.63. The van der Waals surface area contributed by atoms with Crippen molar-refractivity contribution in [3.05, 3.63) is 52.3 Å². The summed E-state index contributed by atoms with van der Waals surface area (Å²) < 4.78 is 43.2. The van der Waals surface area contributed by atoms with Crippen LogP contribution in [0.5, 0.6) is 0 Å². The van der Waals surface area contributed by atoms with E-state index >= 15 is 0 Å². The number of rotatable bonds is 2. The second kappa shape index (κ2) is 7.16. The van der Waals surface area contributed by atoms with Crippen molar-refractivity contribution in [2.24, 2.45) is 14.1 Å². The van der Waals surface area contributed by atoms with Crippen molar-refractivity contribution in [1.29, 1.82) is 0 Å². The number of hydrogen-bond acceptors (Lipinski definition) is 5. The van der Waals surface area contributed by atoms with Gasteiger partial charge in [-0.15, -0.1) is 11.3 Å². The van der Waals surface area contributed by atoms with Gasteiger partial charge in [0, 0.05) is 26.2 Å². The number of alkyl halides is 3. The molecular formula is C21H19F3N6OS. The summed E-state index contributed by atoms with van der Waals surface area (Å²) in [4.78, 5) is 19.4. The first-order valence-electron chi connectivity index (χ1n) is 9.97. The number of aryl methyl sites for hydroxylation is 2. The van der Waals surface area contributed by atoms with Gasteiger partial charge in [0.05, 0.1) is 44.4 Å². The van der Waals surface area contributed by atoms with Gasteiger partial charge in [-0.1, -0.05) is 6.07 Å². The van der Waals surface area contributed by atoms with E-state index in [1.165, 1.54) is 23.1 Å². The first kappa shape index (κ1) is 20.7. The molecule has 4 heterocycles. The number of hydrogen-bond donors (Lipinski definition) is 0. The quantitative estimate of drug-likeness (QED) is 0.450. The highest BCUT2D eigenvalue weighted by Gasteiger charge is 2.37. The molecule has 0 spiro atoms. The van der Waals surface area contributed by atoms with Gasteiger partial charge >= 0.3 is 6.18 Å². The average Bonchev–Trinajstić information content (AvgIpc) is 3.44. The number of halogens is 3. The Balaban J connectivity index is 1.53. The highest BCUT2D eigenvalue weighted by molar-refractivity contribution is 7.17. The van der Waals surface area contributed by atoms with Gasteiger partial charge in [-0.05, 0) is 31.5 Å².